The number of piperidine rings is 1. The van der Waals surface area contributed by atoms with E-state index >= 15 is 0 Å². The van der Waals surface area contributed by atoms with Crippen molar-refractivity contribution in [3.05, 3.63) is 65.2 Å². The highest BCUT2D eigenvalue weighted by molar-refractivity contribution is 7.88. The zero-order valence-electron chi connectivity index (χ0n) is 20.4. The molecular weight excluding hydrogens is 448 g/mol. The smallest absolute Gasteiger partial charge is 0.223 e. The van der Waals surface area contributed by atoms with Gasteiger partial charge >= 0.3 is 0 Å². The van der Waals surface area contributed by atoms with Crippen molar-refractivity contribution < 1.29 is 17.9 Å². The van der Waals surface area contributed by atoms with Crippen LogP contribution in [0.1, 0.15) is 68.7 Å². The lowest BCUT2D eigenvalue weighted by Gasteiger charge is -2.42. The maximum absolute atomic E-state index is 13.2. The van der Waals surface area contributed by atoms with Crippen LogP contribution < -0.4 is 10.1 Å². The number of carbonyl (C=O) groups is 1. The van der Waals surface area contributed by atoms with Crippen LogP contribution in [0.3, 0.4) is 0 Å². The van der Waals surface area contributed by atoms with Crippen molar-refractivity contribution in [2.75, 3.05) is 13.1 Å². The number of rotatable bonds is 7. The van der Waals surface area contributed by atoms with Gasteiger partial charge in [0.2, 0.25) is 15.9 Å². The summed E-state index contributed by atoms with van der Waals surface area (Å²) >= 11 is 0. The van der Waals surface area contributed by atoms with Crippen LogP contribution in [0.2, 0.25) is 0 Å². The quantitative estimate of drug-likeness (QED) is 0.616. The first-order chi connectivity index (χ1) is 16.2. The minimum atomic E-state index is -3.41. The molecule has 0 radical (unpaired) electrons. The summed E-state index contributed by atoms with van der Waals surface area (Å²) in [6.07, 6.45) is 3.57. The van der Waals surface area contributed by atoms with Crippen molar-refractivity contribution in [3.63, 3.8) is 0 Å². The van der Waals surface area contributed by atoms with Crippen molar-refractivity contribution in [2.45, 2.75) is 70.3 Å². The van der Waals surface area contributed by atoms with Crippen LogP contribution >= 0.6 is 0 Å². The molecule has 0 saturated carbocycles. The van der Waals surface area contributed by atoms with E-state index in [0.717, 1.165) is 41.7 Å². The van der Waals surface area contributed by atoms with Gasteiger partial charge in [0.15, 0.2) is 0 Å². The zero-order valence-corrected chi connectivity index (χ0v) is 21.2. The number of ether oxygens (including phenoxy) is 1. The van der Waals surface area contributed by atoms with Gasteiger partial charge in [-0.25, -0.2) is 12.7 Å². The van der Waals surface area contributed by atoms with Gasteiger partial charge in [0.05, 0.1) is 11.8 Å². The average Bonchev–Trinajstić information content (AvgIpc) is 2.83. The van der Waals surface area contributed by atoms with Crippen LogP contribution in [0.5, 0.6) is 5.75 Å². The number of benzene rings is 2. The third-order valence-electron chi connectivity index (χ3n) is 7.45. The minimum absolute atomic E-state index is 0.000515. The normalized spacial score (nSPS) is 20.9. The van der Waals surface area contributed by atoms with Crippen molar-refractivity contribution >= 4 is 15.9 Å². The number of carbonyl (C=O) groups excluding carboxylic acids is 1. The van der Waals surface area contributed by atoms with E-state index in [1.54, 1.807) is 4.31 Å². The lowest BCUT2D eigenvalue weighted by atomic mass is 9.83. The molecule has 2 heterocycles. The van der Waals surface area contributed by atoms with Gasteiger partial charge in [-0.3, -0.25) is 4.79 Å². The predicted octanol–water partition coefficient (Wildman–Crippen LogP) is 4.74. The molecule has 7 heteroatoms. The highest BCUT2D eigenvalue weighted by Crippen LogP contribution is 2.42. The average molecular weight is 485 g/mol. The highest BCUT2D eigenvalue weighted by atomic mass is 32.2. The number of hydrogen-bond acceptors (Lipinski definition) is 4. The number of nitrogens with one attached hydrogen (secondary N) is 1. The second-order valence-corrected chi connectivity index (χ2v) is 11.7. The fourth-order valence-electron chi connectivity index (χ4n) is 5.22. The first kappa shape index (κ1) is 24.7. The van der Waals surface area contributed by atoms with Gasteiger partial charge in [-0.15, -0.1) is 0 Å². The van der Waals surface area contributed by atoms with E-state index < -0.39 is 10.0 Å². The third kappa shape index (κ3) is 5.31. The maximum Gasteiger partial charge on any atom is 0.223 e. The van der Waals surface area contributed by atoms with Crippen LogP contribution in [-0.4, -0.2) is 37.3 Å². The van der Waals surface area contributed by atoms with Gasteiger partial charge in [-0.2, -0.15) is 0 Å². The van der Waals surface area contributed by atoms with E-state index in [4.69, 9.17) is 4.74 Å². The molecule has 0 aliphatic carbocycles. The van der Waals surface area contributed by atoms with E-state index in [2.05, 4.69) is 19.2 Å². The molecular formula is C27H36N2O4S. The van der Waals surface area contributed by atoms with Gasteiger partial charge in [0.25, 0.3) is 0 Å². The summed E-state index contributed by atoms with van der Waals surface area (Å²) in [7, 11) is -3.41. The van der Waals surface area contributed by atoms with Crippen LogP contribution in [0.15, 0.2) is 48.5 Å². The van der Waals surface area contributed by atoms with E-state index in [-0.39, 0.29) is 29.2 Å². The first-order valence-electron chi connectivity index (χ1n) is 12.4. The fourth-order valence-corrected chi connectivity index (χ4v) is 6.77. The Morgan fingerprint density at radius 3 is 2.47 bits per heavy atom. The molecule has 2 aliphatic heterocycles. The van der Waals surface area contributed by atoms with Gasteiger partial charge in [-0.1, -0.05) is 61.9 Å². The Morgan fingerprint density at radius 1 is 1.09 bits per heavy atom. The summed E-state index contributed by atoms with van der Waals surface area (Å²) in [5.74, 6) is 0.678. The standard InChI is InChI=1S/C27H36N2O4S/c1-4-27(5-2)18-24(23-11-6-7-12-25(23)33-27)28-26(30)22-13-15-29(16-14-22)34(31,32)19-21-10-8-9-20(3)17-21/h6-12,17,22,24H,4-5,13-16,18-19H2,1-3H3,(H,28,30)/t24-/m0/s1. The SMILES string of the molecule is CCC1(CC)C[C@H](NC(=O)C2CCN(S(=O)(=O)Cc3cccc(C)c3)CC2)c2ccccc2O1. The van der Waals surface area contributed by atoms with Gasteiger partial charge in [-0.05, 0) is 44.2 Å². The highest BCUT2D eigenvalue weighted by Gasteiger charge is 2.40. The Kier molecular flexibility index (Phi) is 7.33. The zero-order chi connectivity index (χ0) is 24.3. The van der Waals surface area contributed by atoms with Gasteiger partial charge in [0, 0.05) is 31.0 Å². The second-order valence-electron chi connectivity index (χ2n) is 9.71. The summed E-state index contributed by atoms with van der Waals surface area (Å²) in [5.41, 5.74) is 2.59. The molecule has 184 valence electrons. The van der Waals surface area contributed by atoms with Crippen molar-refractivity contribution in [2.24, 2.45) is 5.92 Å². The molecule has 6 nitrogen and oxygen atoms in total. The van der Waals surface area contributed by atoms with Crippen LogP contribution in [0.4, 0.5) is 0 Å². The van der Waals surface area contributed by atoms with E-state index in [1.165, 1.54) is 0 Å². The van der Waals surface area contributed by atoms with Crippen LogP contribution in [-0.2, 0) is 20.6 Å². The Hall–Kier alpha value is -2.38. The number of sulfonamides is 1. The lowest BCUT2D eigenvalue weighted by Crippen LogP contribution is -2.47. The van der Waals surface area contributed by atoms with Crippen molar-refractivity contribution in [1.29, 1.82) is 0 Å². The monoisotopic (exact) mass is 484 g/mol. The topological polar surface area (TPSA) is 75.7 Å². The Bertz CT molecular complexity index is 1120. The van der Waals surface area contributed by atoms with E-state index in [9.17, 15) is 13.2 Å². The molecule has 0 aromatic heterocycles. The molecule has 1 N–H and O–H groups in total. The molecule has 2 aromatic carbocycles. The third-order valence-corrected chi connectivity index (χ3v) is 9.30. The summed E-state index contributed by atoms with van der Waals surface area (Å²) < 4.78 is 33.8. The minimum Gasteiger partial charge on any atom is -0.487 e. The molecule has 1 saturated heterocycles. The van der Waals surface area contributed by atoms with Gasteiger partial charge in [0.1, 0.15) is 11.4 Å². The van der Waals surface area contributed by atoms with Crippen molar-refractivity contribution in [3.8, 4) is 5.75 Å². The molecule has 1 fully saturated rings. The lowest BCUT2D eigenvalue weighted by molar-refractivity contribution is -0.127. The molecule has 4 rings (SSSR count). The van der Waals surface area contributed by atoms with E-state index in [0.29, 0.717) is 25.9 Å². The molecule has 1 amide bonds. The Labute approximate surface area is 203 Å². The van der Waals surface area contributed by atoms with E-state index in [1.807, 2.05) is 55.5 Å². The maximum atomic E-state index is 13.2. The number of amides is 1. The Balaban J connectivity index is 1.39. The molecule has 0 bridgehead atoms. The summed E-state index contributed by atoms with van der Waals surface area (Å²) in [5, 5.41) is 3.28. The number of aryl methyl sites for hydroxylation is 1. The number of nitrogens with zero attached hydrogens (tertiary/aromatic N) is 1. The molecule has 2 aliphatic rings. The molecule has 1 atom stereocenters. The second kappa shape index (κ2) is 10.1. The van der Waals surface area contributed by atoms with Crippen LogP contribution in [0, 0.1) is 12.8 Å². The molecule has 0 spiro atoms. The number of hydrogen-bond donors (Lipinski definition) is 1. The summed E-state index contributed by atoms with van der Waals surface area (Å²) in [4.78, 5) is 13.2. The molecule has 2 aromatic rings. The number of para-hydroxylation sites is 1. The molecule has 0 unspecified atom stereocenters. The predicted molar refractivity (Wildman–Crippen MR) is 134 cm³/mol. The fraction of sp³-hybridized carbons (Fsp3) is 0.519. The van der Waals surface area contributed by atoms with Crippen LogP contribution in [0.25, 0.3) is 0 Å². The largest absolute Gasteiger partial charge is 0.487 e. The summed E-state index contributed by atoms with van der Waals surface area (Å²) in [6.45, 7) is 6.98. The van der Waals surface area contributed by atoms with Crippen molar-refractivity contribution in [1.82, 2.24) is 9.62 Å². The van der Waals surface area contributed by atoms with Gasteiger partial charge < -0.3 is 10.1 Å². The summed E-state index contributed by atoms with van der Waals surface area (Å²) in [6, 6.07) is 15.5. The molecule has 34 heavy (non-hydrogen) atoms. The number of fused-ring (bicyclic) bond motifs is 1. The Morgan fingerprint density at radius 2 is 1.79 bits per heavy atom. The first-order valence-corrected chi connectivity index (χ1v) is 14.0.